The van der Waals surface area contributed by atoms with E-state index in [4.69, 9.17) is 14.6 Å². The highest BCUT2D eigenvalue weighted by Crippen LogP contribution is 2.40. The van der Waals surface area contributed by atoms with Crippen molar-refractivity contribution < 1.29 is 27.8 Å². The van der Waals surface area contributed by atoms with Crippen LogP contribution in [0, 0.1) is 6.92 Å². The monoisotopic (exact) mass is 468 g/mol. The lowest BCUT2D eigenvalue weighted by atomic mass is 10.0. The maximum atomic E-state index is 13.7. The zero-order valence-electron chi connectivity index (χ0n) is 18.3. The summed E-state index contributed by atoms with van der Waals surface area (Å²) >= 11 is 0. The summed E-state index contributed by atoms with van der Waals surface area (Å²) < 4.78 is 39.8. The number of ether oxygens (including phenoxy) is 2. The van der Waals surface area contributed by atoms with E-state index in [1.54, 1.807) is 42.6 Å². The molecule has 33 heavy (non-hydrogen) atoms. The molecule has 172 valence electrons. The van der Waals surface area contributed by atoms with Crippen molar-refractivity contribution in [3.8, 4) is 22.8 Å². The topological polar surface area (TPSA) is 106 Å². The van der Waals surface area contributed by atoms with Crippen LogP contribution in [-0.4, -0.2) is 44.2 Å². The lowest BCUT2D eigenvalue weighted by molar-refractivity contribution is -0.137. The number of hydrogen-bond donors (Lipinski definition) is 1. The van der Waals surface area contributed by atoms with Gasteiger partial charge in [-0.15, -0.1) is 0 Å². The minimum absolute atomic E-state index is 0.0136. The Morgan fingerprint density at radius 2 is 1.97 bits per heavy atom. The molecule has 1 aromatic heterocycles. The predicted molar refractivity (Wildman–Crippen MR) is 123 cm³/mol. The molecule has 8 nitrogen and oxygen atoms in total. The molecular weight excluding hydrogens is 444 g/mol. The maximum Gasteiger partial charge on any atom is 0.303 e. The summed E-state index contributed by atoms with van der Waals surface area (Å²) in [5.41, 5.74) is 2.80. The zero-order valence-corrected chi connectivity index (χ0v) is 19.1. The van der Waals surface area contributed by atoms with Crippen molar-refractivity contribution in [1.29, 1.82) is 0 Å². The first-order chi connectivity index (χ1) is 15.8. The molecule has 1 atom stereocenters. The third-order valence-electron chi connectivity index (χ3n) is 5.43. The molecule has 2 heterocycles. The Labute approximate surface area is 192 Å². The Kier molecular flexibility index (Phi) is 6.24. The van der Waals surface area contributed by atoms with Crippen molar-refractivity contribution in [3.63, 3.8) is 0 Å². The number of aromatic nitrogens is 1. The number of fused-ring (bicyclic) bond motifs is 1. The highest BCUT2D eigenvalue weighted by Gasteiger charge is 2.35. The van der Waals surface area contributed by atoms with Crippen LogP contribution in [-0.2, 0) is 14.8 Å². The Morgan fingerprint density at radius 3 is 2.70 bits per heavy atom. The lowest BCUT2D eigenvalue weighted by Crippen LogP contribution is -2.43. The van der Waals surface area contributed by atoms with Crippen LogP contribution in [0.1, 0.15) is 18.4 Å². The zero-order chi connectivity index (χ0) is 23.6. The number of anilines is 1. The van der Waals surface area contributed by atoms with E-state index in [-0.39, 0.29) is 24.3 Å². The number of sulfonamides is 1. The van der Waals surface area contributed by atoms with Crippen LogP contribution < -0.4 is 13.8 Å². The third kappa shape index (κ3) is 4.78. The molecule has 9 heteroatoms. The minimum atomic E-state index is -3.91. The number of pyridine rings is 1. The van der Waals surface area contributed by atoms with Crippen LogP contribution in [0.15, 0.2) is 65.7 Å². The molecule has 0 fully saturated rings. The van der Waals surface area contributed by atoms with E-state index in [9.17, 15) is 13.2 Å². The molecule has 0 unspecified atom stereocenters. The number of carboxylic acid groups (broad SMARTS) is 1. The van der Waals surface area contributed by atoms with Crippen molar-refractivity contribution in [2.45, 2.75) is 30.8 Å². The van der Waals surface area contributed by atoms with Gasteiger partial charge in [0.15, 0.2) is 0 Å². The quantitative estimate of drug-likeness (QED) is 0.561. The molecule has 0 saturated heterocycles. The van der Waals surface area contributed by atoms with Crippen LogP contribution in [0.2, 0.25) is 0 Å². The third-order valence-corrected chi connectivity index (χ3v) is 7.20. The summed E-state index contributed by atoms with van der Waals surface area (Å²) in [6.07, 6.45) is 1.11. The second-order valence-corrected chi connectivity index (χ2v) is 9.66. The summed E-state index contributed by atoms with van der Waals surface area (Å²) in [5.74, 6) is -0.128. The molecule has 1 aliphatic heterocycles. The van der Waals surface area contributed by atoms with E-state index >= 15 is 0 Å². The van der Waals surface area contributed by atoms with Gasteiger partial charge in [0, 0.05) is 18.7 Å². The Morgan fingerprint density at radius 1 is 1.18 bits per heavy atom. The van der Waals surface area contributed by atoms with Gasteiger partial charge in [0.05, 0.1) is 24.2 Å². The van der Waals surface area contributed by atoms with Gasteiger partial charge >= 0.3 is 5.97 Å². The lowest BCUT2D eigenvalue weighted by Gasteiger charge is -2.35. The van der Waals surface area contributed by atoms with Gasteiger partial charge in [-0.05, 0) is 60.4 Å². The molecule has 1 N–H and O–H groups in total. The maximum absolute atomic E-state index is 13.7. The van der Waals surface area contributed by atoms with Crippen molar-refractivity contribution >= 4 is 21.7 Å². The summed E-state index contributed by atoms with van der Waals surface area (Å²) in [5, 5.41) is 9.08. The largest absolute Gasteiger partial charge is 0.486 e. The van der Waals surface area contributed by atoms with E-state index in [2.05, 4.69) is 4.98 Å². The Balaban J connectivity index is 1.80. The van der Waals surface area contributed by atoms with E-state index in [1.165, 1.54) is 11.4 Å². The fourth-order valence-electron chi connectivity index (χ4n) is 3.76. The average molecular weight is 469 g/mol. The van der Waals surface area contributed by atoms with Crippen LogP contribution in [0.4, 0.5) is 5.69 Å². The van der Waals surface area contributed by atoms with Gasteiger partial charge in [0.25, 0.3) is 10.0 Å². The smallest absolute Gasteiger partial charge is 0.303 e. The standard InChI is InChI=1S/C24H24N2O6S/c1-16-4-3-5-20(12-16)33(29,30)26-15-19(7-9-24(27)28)32-22-8-6-17(13-21(22)26)18-10-11-25-23(14-18)31-2/h3-6,8,10-14,19H,7,9,15H2,1-2H3,(H,27,28)/t19-/m0/s1. The highest BCUT2D eigenvalue weighted by molar-refractivity contribution is 7.92. The fourth-order valence-corrected chi connectivity index (χ4v) is 5.36. The number of aliphatic carboxylic acids is 1. The number of carbonyl (C=O) groups is 1. The van der Waals surface area contributed by atoms with E-state index in [1.807, 2.05) is 25.1 Å². The number of benzene rings is 2. The summed E-state index contributed by atoms with van der Waals surface area (Å²) in [4.78, 5) is 15.4. The van der Waals surface area contributed by atoms with E-state index < -0.39 is 22.1 Å². The van der Waals surface area contributed by atoms with Gasteiger partial charge < -0.3 is 14.6 Å². The fraction of sp³-hybridized carbons (Fsp3) is 0.250. The summed E-state index contributed by atoms with van der Waals surface area (Å²) in [7, 11) is -2.38. The number of methoxy groups -OCH3 is 1. The van der Waals surface area contributed by atoms with Gasteiger partial charge in [0.2, 0.25) is 5.88 Å². The van der Waals surface area contributed by atoms with Crippen molar-refractivity contribution in [1.82, 2.24) is 4.98 Å². The minimum Gasteiger partial charge on any atom is -0.486 e. The molecule has 0 saturated carbocycles. The average Bonchev–Trinajstić information content (AvgIpc) is 2.81. The second-order valence-electron chi connectivity index (χ2n) is 7.79. The highest BCUT2D eigenvalue weighted by atomic mass is 32.2. The van der Waals surface area contributed by atoms with Crippen molar-refractivity contribution in [2.24, 2.45) is 0 Å². The second kappa shape index (κ2) is 9.11. The van der Waals surface area contributed by atoms with Gasteiger partial charge in [-0.3, -0.25) is 9.10 Å². The first kappa shape index (κ1) is 22.6. The first-order valence-corrected chi connectivity index (χ1v) is 11.8. The number of carboxylic acids is 1. The van der Waals surface area contributed by atoms with Gasteiger partial charge in [-0.25, -0.2) is 13.4 Å². The van der Waals surface area contributed by atoms with Gasteiger partial charge in [-0.1, -0.05) is 18.2 Å². The molecule has 4 rings (SSSR count). The molecule has 0 amide bonds. The van der Waals surface area contributed by atoms with E-state index in [0.29, 0.717) is 17.3 Å². The molecule has 2 aromatic carbocycles. The number of nitrogens with zero attached hydrogens (tertiary/aromatic N) is 2. The number of hydrogen-bond acceptors (Lipinski definition) is 6. The van der Waals surface area contributed by atoms with Crippen LogP contribution in [0.3, 0.4) is 0 Å². The van der Waals surface area contributed by atoms with Crippen molar-refractivity contribution in [2.75, 3.05) is 18.0 Å². The first-order valence-electron chi connectivity index (χ1n) is 10.4. The van der Waals surface area contributed by atoms with Gasteiger partial charge in [0.1, 0.15) is 11.9 Å². The summed E-state index contributed by atoms with van der Waals surface area (Å²) in [6, 6.07) is 15.6. The molecule has 1 aliphatic rings. The molecular formula is C24H24N2O6S. The van der Waals surface area contributed by atoms with E-state index in [0.717, 1.165) is 16.7 Å². The van der Waals surface area contributed by atoms with Crippen molar-refractivity contribution in [3.05, 3.63) is 66.4 Å². The molecule has 0 bridgehead atoms. The Bertz CT molecular complexity index is 1290. The molecule has 3 aromatic rings. The number of aryl methyl sites for hydroxylation is 1. The van der Waals surface area contributed by atoms with Crippen LogP contribution in [0.25, 0.3) is 11.1 Å². The summed E-state index contributed by atoms with van der Waals surface area (Å²) in [6.45, 7) is 1.84. The molecule has 0 aliphatic carbocycles. The Hall–Kier alpha value is -3.59. The van der Waals surface area contributed by atoms with Gasteiger partial charge in [-0.2, -0.15) is 0 Å². The van der Waals surface area contributed by atoms with Crippen LogP contribution >= 0.6 is 0 Å². The SMILES string of the molecule is COc1cc(-c2ccc3c(c2)N(S(=O)(=O)c2cccc(C)c2)C[C@H](CCC(=O)O)O3)ccn1. The normalized spacial score (nSPS) is 15.5. The molecule has 0 spiro atoms. The van der Waals surface area contributed by atoms with Crippen LogP contribution in [0.5, 0.6) is 11.6 Å². The number of rotatable bonds is 7. The predicted octanol–water partition coefficient (Wildman–Crippen LogP) is 3.89. The molecule has 0 radical (unpaired) electrons.